The van der Waals surface area contributed by atoms with Crippen LogP contribution in [0.25, 0.3) is 0 Å². The topological polar surface area (TPSA) is 90.7 Å². The molecule has 0 amide bonds. The molecular formula is C8H10N2O4S2. The number of aromatic carboxylic acids is 1. The standard InChI is InChI=1S/C8H10N2O4S2/c11-8(12)6-7(15-4-9-6)10(16(13)14)3-5-1-2-5/h4-5H,1-3H2,(H,11,12)(H,13,14). The molecule has 0 saturated heterocycles. The maximum Gasteiger partial charge on any atom is 0.357 e. The first kappa shape index (κ1) is 11.5. The van der Waals surface area contributed by atoms with Crippen LogP contribution >= 0.6 is 11.3 Å². The molecule has 8 heteroatoms. The fraction of sp³-hybridized carbons (Fsp3) is 0.500. The maximum absolute atomic E-state index is 11.2. The van der Waals surface area contributed by atoms with Gasteiger partial charge in [0.15, 0.2) is 5.69 Å². The Labute approximate surface area is 98.3 Å². The number of carbonyl (C=O) groups is 1. The van der Waals surface area contributed by atoms with Crippen LogP contribution < -0.4 is 4.31 Å². The summed E-state index contributed by atoms with van der Waals surface area (Å²) in [6.45, 7) is 0.408. The molecule has 1 unspecified atom stereocenters. The van der Waals surface area contributed by atoms with Crippen LogP contribution in [-0.2, 0) is 11.3 Å². The second kappa shape index (κ2) is 4.48. The van der Waals surface area contributed by atoms with Gasteiger partial charge in [-0.15, -0.1) is 11.3 Å². The number of carboxylic acid groups (broad SMARTS) is 1. The average molecular weight is 262 g/mol. The summed E-state index contributed by atoms with van der Waals surface area (Å²) in [6.07, 6.45) is 2.05. The van der Waals surface area contributed by atoms with Crippen molar-refractivity contribution in [2.45, 2.75) is 12.8 Å². The minimum atomic E-state index is -2.20. The summed E-state index contributed by atoms with van der Waals surface area (Å²) in [5, 5.41) is 9.12. The van der Waals surface area contributed by atoms with E-state index in [2.05, 4.69) is 4.98 Å². The van der Waals surface area contributed by atoms with Gasteiger partial charge in [0.05, 0.1) is 5.51 Å². The fourth-order valence-corrected chi connectivity index (χ4v) is 2.90. The molecule has 1 aromatic rings. The molecule has 16 heavy (non-hydrogen) atoms. The Hall–Kier alpha value is -0.990. The third-order valence-corrected chi connectivity index (χ3v) is 3.96. The van der Waals surface area contributed by atoms with Crippen LogP contribution in [0.4, 0.5) is 5.00 Å². The first-order chi connectivity index (χ1) is 7.59. The van der Waals surface area contributed by atoms with Gasteiger partial charge in [-0.1, -0.05) is 0 Å². The van der Waals surface area contributed by atoms with E-state index in [-0.39, 0.29) is 10.7 Å². The number of rotatable bonds is 5. The summed E-state index contributed by atoms with van der Waals surface area (Å²) in [5.74, 6) is -0.789. The van der Waals surface area contributed by atoms with Gasteiger partial charge in [-0.25, -0.2) is 14.0 Å². The molecule has 1 aromatic heterocycles. The Balaban J connectivity index is 2.26. The van der Waals surface area contributed by atoms with Gasteiger partial charge in [-0.3, -0.25) is 8.86 Å². The Morgan fingerprint density at radius 3 is 2.88 bits per heavy atom. The molecule has 0 spiro atoms. The molecule has 88 valence electrons. The van der Waals surface area contributed by atoms with E-state index in [0.29, 0.717) is 12.5 Å². The number of anilines is 1. The van der Waals surface area contributed by atoms with Crippen LogP contribution in [0.2, 0.25) is 0 Å². The molecule has 1 aliphatic rings. The maximum atomic E-state index is 11.2. The van der Waals surface area contributed by atoms with Crippen LogP contribution in [0.1, 0.15) is 23.3 Å². The molecule has 0 bridgehead atoms. The van der Waals surface area contributed by atoms with E-state index in [4.69, 9.17) is 9.66 Å². The first-order valence-corrected chi connectivity index (χ1v) is 6.59. The van der Waals surface area contributed by atoms with Crippen LogP contribution in [-0.4, -0.2) is 31.4 Å². The molecule has 0 aromatic carbocycles. The van der Waals surface area contributed by atoms with E-state index in [1.807, 2.05) is 0 Å². The second-order valence-corrected chi connectivity index (χ2v) is 5.28. The van der Waals surface area contributed by atoms with Crippen LogP contribution in [0.15, 0.2) is 5.51 Å². The number of thiazole rings is 1. The smallest absolute Gasteiger partial charge is 0.357 e. The lowest BCUT2D eigenvalue weighted by Crippen LogP contribution is -2.28. The van der Waals surface area contributed by atoms with Gasteiger partial charge in [0.2, 0.25) is 0 Å². The number of carboxylic acids is 1. The van der Waals surface area contributed by atoms with Gasteiger partial charge in [0.25, 0.3) is 11.3 Å². The quantitative estimate of drug-likeness (QED) is 0.778. The van der Waals surface area contributed by atoms with E-state index >= 15 is 0 Å². The Morgan fingerprint density at radius 1 is 1.69 bits per heavy atom. The molecule has 2 N–H and O–H groups in total. The van der Waals surface area contributed by atoms with Crippen molar-refractivity contribution >= 4 is 33.6 Å². The van der Waals surface area contributed by atoms with Crippen molar-refractivity contribution in [3.8, 4) is 0 Å². The second-order valence-electron chi connectivity index (χ2n) is 3.55. The van der Waals surface area contributed by atoms with Gasteiger partial charge in [-0.2, -0.15) is 0 Å². The highest BCUT2D eigenvalue weighted by Crippen LogP contribution is 2.34. The zero-order chi connectivity index (χ0) is 11.7. The normalized spacial score (nSPS) is 17.1. The molecule has 0 radical (unpaired) electrons. The Bertz CT molecular complexity index is 429. The van der Waals surface area contributed by atoms with E-state index in [9.17, 15) is 9.00 Å². The van der Waals surface area contributed by atoms with E-state index in [1.54, 1.807) is 0 Å². The molecule has 2 rings (SSSR count). The molecule has 1 saturated carbocycles. The SMILES string of the molecule is O=C(O)c1ncsc1N(CC1CC1)S(=O)O. The lowest BCUT2D eigenvalue weighted by molar-refractivity contribution is 0.0692. The van der Waals surface area contributed by atoms with Crippen LogP contribution in [0, 0.1) is 5.92 Å². The summed E-state index contributed by atoms with van der Waals surface area (Å²) >= 11 is -1.13. The number of nitrogens with zero attached hydrogens (tertiary/aromatic N) is 2. The number of hydrogen-bond donors (Lipinski definition) is 2. The van der Waals surface area contributed by atoms with E-state index in [0.717, 1.165) is 24.2 Å². The molecule has 6 nitrogen and oxygen atoms in total. The van der Waals surface area contributed by atoms with Crippen molar-refractivity contribution in [2.75, 3.05) is 10.8 Å². The van der Waals surface area contributed by atoms with Crippen LogP contribution in [0.5, 0.6) is 0 Å². The predicted octanol–water partition coefficient (Wildman–Crippen LogP) is 1.19. The van der Waals surface area contributed by atoms with Crippen molar-refractivity contribution in [2.24, 2.45) is 5.92 Å². The third kappa shape index (κ3) is 2.39. The monoisotopic (exact) mass is 262 g/mol. The zero-order valence-electron chi connectivity index (χ0n) is 8.20. The van der Waals surface area contributed by atoms with Crippen molar-refractivity contribution in [3.05, 3.63) is 11.2 Å². The molecule has 1 heterocycles. The Morgan fingerprint density at radius 2 is 2.38 bits per heavy atom. The fourth-order valence-electron chi connectivity index (χ4n) is 1.32. The number of hydrogen-bond acceptors (Lipinski definition) is 4. The van der Waals surface area contributed by atoms with Crippen molar-refractivity contribution < 1.29 is 18.7 Å². The van der Waals surface area contributed by atoms with Crippen molar-refractivity contribution in [3.63, 3.8) is 0 Å². The number of aromatic nitrogens is 1. The largest absolute Gasteiger partial charge is 0.476 e. The van der Waals surface area contributed by atoms with Crippen molar-refractivity contribution in [1.82, 2.24) is 4.98 Å². The third-order valence-electron chi connectivity index (χ3n) is 2.29. The summed E-state index contributed by atoms with van der Waals surface area (Å²) in [5.41, 5.74) is 1.21. The van der Waals surface area contributed by atoms with Gasteiger partial charge >= 0.3 is 5.97 Å². The molecule has 0 aliphatic heterocycles. The molecule has 1 fully saturated rings. The summed E-state index contributed by atoms with van der Waals surface area (Å²) in [7, 11) is 0. The van der Waals surface area contributed by atoms with Crippen LogP contribution in [0.3, 0.4) is 0 Å². The van der Waals surface area contributed by atoms with Gasteiger partial charge in [-0.05, 0) is 18.8 Å². The van der Waals surface area contributed by atoms with Gasteiger partial charge in [0.1, 0.15) is 5.00 Å². The first-order valence-electron chi connectivity index (χ1n) is 4.65. The van der Waals surface area contributed by atoms with Crippen molar-refractivity contribution in [1.29, 1.82) is 0 Å². The highest BCUT2D eigenvalue weighted by molar-refractivity contribution is 7.81. The minimum absolute atomic E-state index is 0.159. The minimum Gasteiger partial charge on any atom is -0.476 e. The van der Waals surface area contributed by atoms with Gasteiger partial charge in [0, 0.05) is 6.54 Å². The van der Waals surface area contributed by atoms with E-state index in [1.165, 1.54) is 9.82 Å². The lowest BCUT2D eigenvalue weighted by atomic mass is 10.4. The summed E-state index contributed by atoms with van der Waals surface area (Å²) in [4.78, 5) is 14.5. The highest BCUT2D eigenvalue weighted by Gasteiger charge is 2.30. The predicted molar refractivity (Wildman–Crippen MR) is 59.9 cm³/mol. The van der Waals surface area contributed by atoms with Gasteiger partial charge < -0.3 is 5.11 Å². The summed E-state index contributed by atoms with van der Waals surface area (Å²) < 4.78 is 21.5. The molecule has 1 atom stereocenters. The van der Waals surface area contributed by atoms with E-state index < -0.39 is 17.2 Å². The summed E-state index contributed by atoms with van der Waals surface area (Å²) in [6, 6.07) is 0. The molecule has 1 aliphatic carbocycles. The zero-order valence-corrected chi connectivity index (χ0v) is 9.83. The molecular weight excluding hydrogens is 252 g/mol. The average Bonchev–Trinajstić information content (AvgIpc) is 2.89. The Kier molecular flexibility index (Phi) is 3.22. The highest BCUT2D eigenvalue weighted by atomic mass is 32.2. The lowest BCUT2D eigenvalue weighted by Gasteiger charge is -2.17.